The quantitative estimate of drug-likeness (QED) is 0.873. The number of anilines is 1. The van der Waals surface area contributed by atoms with Crippen LogP contribution >= 0.6 is 0 Å². The van der Waals surface area contributed by atoms with Crippen LogP contribution in [0.3, 0.4) is 0 Å². The predicted molar refractivity (Wildman–Crippen MR) is 72.9 cm³/mol. The molecule has 1 unspecified atom stereocenters. The highest BCUT2D eigenvalue weighted by molar-refractivity contribution is 5.77. The number of benzene rings is 1. The van der Waals surface area contributed by atoms with Gasteiger partial charge in [-0.1, -0.05) is 6.42 Å². The van der Waals surface area contributed by atoms with Crippen LogP contribution < -0.4 is 10.6 Å². The maximum absolute atomic E-state index is 5.47. The number of aromatic nitrogens is 1. The van der Waals surface area contributed by atoms with Gasteiger partial charge >= 0.3 is 0 Å². The molecule has 1 aromatic heterocycles. The Morgan fingerprint density at radius 3 is 3.22 bits per heavy atom. The minimum Gasteiger partial charge on any atom is -0.441 e. The van der Waals surface area contributed by atoms with Crippen LogP contribution in [0.15, 0.2) is 22.6 Å². The van der Waals surface area contributed by atoms with Gasteiger partial charge in [0.15, 0.2) is 11.5 Å². The first-order valence-electron chi connectivity index (χ1n) is 6.66. The molecule has 0 aliphatic carbocycles. The molecule has 0 spiro atoms. The number of nitrogens with zero attached hydrogens (tertiary/aromatic N) is 1. The lowest BCUT2D eigenvalue weighted by molar-refractivity contribution is 0.414. The zero-order valence-corrected chi connectivity index (χ0v) is 10.7. The van der Waals surface area contributed by atoms with Gasteiger partial charge in [-0.3, -0.25) is 0 Å². The summed E-state index contributed by atoms with van der Waals surface area (Å²) in [5.41, 5.74) is 2.89. The fourth-order valence-corrected chi connectivity index (χ4v) is 2.49. The van der Waals surface area contributed by atoms with Crippen LogP contribution in [0.2, 0.25) is 0 Å². The van der Waals surface area contributed by atoms with Gasteiger partial charge in [0.25, 0.3) is 0 Å². The van der Waals surface area contributed by atoms with Crippen molar-refractivity contribution in [3.63, 3.8) is 0 Å². The van der Waals surface area contributed by atoms with Gasteiger partial charge in [-0.15, -0.1) is 0 Å². The fourth-order valence-electron chi connectivity index (χ4n) is 2.49. The molecule has 1 aliphatic rings. The normalized spacial score (nSPS) is 20.2. The molecule has 18 heavy (non-hydrogen) atoms. The summed E-state index contributed by atoms with van der Waals surface area (Å²) >= 11 is 0. The molecule has 3 rings (SSSR count). The highest BCUT2D eigenvalue weighted by Gasteiger charge is 2.12. The molecule has 2 aromatic rings. The van der Waals surface area contributed by atoms with Crippen molar-refractivity contribution >= 4 is 16.8 Å². The molecular weight excluding hydrogens is 226 g/mol. The Morgan fingerprint density at radius 1 is 1.44 bits per heavy atom. The van der Waals surface area contributed by atoms with Crippen molar-refractivity contribution in [1.29, 1.82) is 0 Å². The summed E-state index contributed by atoms with van der Waals surface area (Å²) in [7, 11) is 0. The molecule has 1 aliphatic heterocycles. The Kier molecular flexibility index (Phi) is 3.19. The Bertz CT molecular complexity index is 529. The second kappa shape index (κ2) is 4.98. The number of rotatable bonds is 3. The van der Waals surface area contributed by atoms with E-state index in [0.717, 1.165) is 35.8 Å². The van der Waals surface area contributed by atoms with Gasteiger partial charge < -0.3 is 15.1 Å². The number of hydrogen-bond donors (Lipinski definition) is 2. The summed E-state index contributed by atoms with van der Waals surface area (Å²) in [6.45, 7) is 4.00. The smallest absolute Gasteiger partial charge is 0.192 e. The van der Waals surface area contributed by atoms with Crippen molar-refractivity contribution in [2.24, 2.45) is 0 Å². The van der Waals surface area contributed by atoms with Gasteiger partial charge in [0.2, 0.25) is 0 Å². The van der Waals surface area contributed by atoms with Crippen molar-refractivity contribution in [3.05, 3.63) is 24.1 Å². The lowest BCUT2D eigenvalue weighted by Gasteiger charge is -2.24. The number of nitrogens with one attached hydrogen (secondary N) is 2. The lowest BCUT2D eigenvalue weighted by atomic mass is 10.1. The molecule has 1 saturated heterocycles. The van der Waals surface area contributed by atoms with Crippen LogP contribution in [0, 0.1) is 6.92 Å². The van der Waals surface area contributed by atoms with E-state index in [1.54, 1.807) is 0 Å². The lowest BCUT2D eigenvalue weighted by Crippen LogP contribution is -2.39. The highest BCUT2D eigenvalue weighted by atomic mass is 16.3. The van der Waals surface area contributed by atoms with Gasteiger partial charge in [0.1, 0.15) is 5.52 Å². The Labute approximate surface area is 107 Å². The topological polar surface area (TPSA) is 50.1 Å². The van der Waals surface area contributed by atoms with E-state index in [1.807, 2.05) is 13.0 Å². The summed E-state index contributed by atoms with van der Waals surface area (Å²) in [6, 6.07) is 6.67. The monoisotopic (exact) mass is 245 g/mol. The van der Waals surface area contributed by atoms with E-state index in [9.17, 15) is 0 Å². The van der Waals surface area contributed by atoms with E-state index < -0.39 is 0 Å². The maximum Gasteiger partial charge on any atom is 0.192 e. The van der Waals surface area contributed by atoms with E-state index >= 15 is 0 Å². The second-order valence-corrected chi connectivity index (χ2v) is 4.94. The Morgan fingerprint density at radius 2 is 2.39 bits per heavy atom. The molecule has 0 bridgehead atoms. The van der Waals surface area contributed by atoms with Gasteiger partial charge in [-0.25, -0.2) is 4.98 Å². The molecule has 4 nitrogen and oxygen atoms in total. The SMILES string of the molecule is Cc1nc2cc(NCC3CCCCN3)ccc2o1. The maximum atomic E-state index is 5.47. The van der Waals surface area contributed by atoms with E-state index in [4.69, 9.17) is 4.42 Å². The molecule has 2 heterocycles. The minimum absolute atomic E-state index is 0.591. The zero-order chi connectivity index (χ0) is 12.4. The third kappa shape index (κ3) is 2.48. The summed E-state index contributed by atoms with van der Waals surface area (Å²) in [5, 5.41) is 7.01. The summed E-state index contributed by atoms with van der Waals surface area (Å²) < 4.78 is 5.47. The molecule has 1 aromatic carbocycles. The average molecular weight is 245 g/mol. The van der Waals surface area contributed by atoms with Crippen LogP contribution in [0.25, 0.3) is 11.1 Å². The Hall–Kier alpha value is -1.55. The number of aryl methyl sites for hydroxylation is 1. The minimum atomic E-state index is 0.591. The number of oxazole rings is 1. The first kappa shape index (κ1) is 11.5. The molecule has 2 N–H and O–H groups in total. The van der Waals surface area contributed by atoms with E-state index in [1.165, 1.54) is 19.3 Å². The van der Waals surface area contributed by atoms with Gasteiger partial charge in [0, 0.05) is 25.2 Å². The fraction of sp³-hybridized carbons (Fsp3) is 0.500. The zero-order valence-electron chi connectivity index (χ0n) is 10.7. The molecule has 96 valence electrons. The average Bonchev–Trinajstić information content (AvgIpc) is 2.77. The predicted octanol–water partition coefficient (Wildman–Crippen LogP) is 2.69. The van der Waals surface area contributed by atoms with Crippen molar-refractivity contribution < 1.29 is 4.42 Å². The summed E-state index contributed by atoms with van der Waals surface area (Å²) in [6.07, 6.45) is 3.90. The summed E-state index contributed by atoms with van der Waals surface area (Å²) in [4.78, 5) is 4.35. The van der Waals surface area contributed by atoms with Crippen molar-refractivity contribution in [2.75, 3.05) is 18.4 Å². The standard InChI is InChI=1S/C14H19N3O/c1-10-17-13-8-11(5-6-14(13)18-10)16-9-12-4-2-3-7-15-12/h5-6,8,12,15-16H,2-4,7,9H2,1H3. The van der Waals surface area contributed by atoms with Gasteiger partial charge in [0.05, 0.1) is 0 Å². The first-order valence-corrected chi connectivity index (χ1v) is 6.66. The molecular formula is C14H19N3O. The van der Waals surface area contributed by atoms with Crippen molar-refractivity contribution in [1.82, 2.24) is 10.3 Å². The number of fused-ring (bicyclic) bond motifs is 1. The van der Waals surface area contributed by atoms with Gasteiger partial charge in [-0.2, -0.15) is 0 Å². The number of piperidine rings is 1. The van der Waals surface area contributed by atoms with Gasteiger partial charge in [-0.05, 0) is 37.6 Å². The highest BCUT2D eigenvalue weighted by Crippen LogP contribution is 2.20. The van der Waals surface area contributed by atoms with E-state index in [-0.39, 0.29) is 0 Å². The second-order valence-electron chi connectivity index (χ2n) is 4.94. The van der Waals surface area contributed by atoms with Crippen molar-refractivity contribution in [3.8, 4) is 0 Å². The first-order chi connectivity index (χ1) is 8.81. The van der Waals surface area contributed by atoms with E-state index in [0.29, 0.717) is 6.04 Å². The Balaban J connectivity index is 1.66. The number of hydrogen-bond acceptors (Lipinski definition) is 4. The third-order valence-corrected chi connectivity index (χ3v) is 3.46. The molecule has 0 amide bonds. The summed E-state index contributed by atoms with van der Waals surface area (Å²) in [5.74, 6) is 0.719. The van der Waals surface area contributed by atoms with Crippen LogP contribution in [0.4, 0.5) is 5.69 Å². The van der Waals surface area contributed by atoms with Crippen LogP contribution in [-0.2, 0) is 0 Å². The molecule has 0 radical (unpaired) electrons. The molecule has 0 saturated carbocycles. The van der Waals surface area contributed by atoms with Crippen molar-refractivity contribution in [2.45, 2.75) is 32.2 Å². The largest absolute Gasteiger partial charge is 0.441 e. The van der Waals surface area contributed by atoms with Crippen LogP contribution in [0.1, 0.15) is 25.2 Å². The van der Waals surface area contributed by atoms with Crippen LogP contribution in [0.5, 0.6) is 0 Å². The molecule has 4 heteroatoms. The third-order valence-electron chi connectivity index (χ3n) is 3.46. The van der Waals surface area contributed by atoms with Crippen LogP contribution in [-0.4, -0.2) is 24.1 Å². The molecule has 1 atom stereocenters. The molecule has 1 fully saturated rings. The van der Waals surface area contributed by atoms with E-state index in [2.05, 4.69) is 27.8 Å².